The molecule has 0 radical (unpaired) electrons. The molecule has 0 aliphatic carbocycles. The Bertz CT molecular complexity index is 1660. The number of aliphatic hydroxyl groups excluding tert-OH is 4. The molecule has 0 amide bonds. The van der Waals surface area contributed by atoms with Crippen molar-refractivity contribution in [2.75, 3.05) is 121 Å². The van der Waals surface area contributed by atoms with Gasteiger partial charge in [0.15, 0.2) is 13.5 Å². The molecule has 0 saturated carbocycles. The average Bonchev–Trinajstić information content (AvgIpc) is 1.35. The second-order valence-corrected chi connectivity index (χ2v) is 25.2. The Morgan fingerprint density at radius 2 is 0.576 bits per heavy atom. The van der Waals surface area contributed by atoms with Crippen LogP contribution < -0.4 is 0 Å². The van der Waals surface area contributed by atoms with E-state index in [4.69, 9.17) is 29.9 Å². The van der Waals surface area contributed by atoms with Gasteiger partial charge in [-0.1, -0.05) is 63.7 Å². The van der Waals surface area contributed by atoms with Gasteiger partial charge in [0, 0.05) is 0 Å². The van der Waals surface area contributed by atoms with E-state index in [0.717, 1.165) is 6.92 Å². The number of alkyl halides is 23. The Kier molecular flexibility index (Phi) is 87.4. The lowest BCUT2D eigenvalue weighted by molar-refractivity contribution is -0.365. The fraction of sp³-hybridized carbons (Fsp3) is 0.870. The second-order valence-electron chi connectivity index (χ2n) is 17.3. The van der Waals surface area contributed by atoms with Gasteiger partial charge in [0.05, 0.1) is 33.1 Å². The normalized spacial score (nSPS) is 11.9. The SMILES string of the molecule is CC(C)(Br)C(=O)OCC(C)(CO)C(=O)OCC(F)(F)OF.CC(C)(Br)C(=O)OCC(C)(CO)C(=O)OCF.CC(C)(Br)C(=O)OCF.CC(C)(Br)C(=O)OCF.CC(F)(F)CC(F)(F)OCF.CCF.FCF.FCF.FCOF.FCOF.OCCF.OCCF. The molecule has 0 aliphatic heterocycles. The largest absolute Gasteiger partial charge is 0.463 e. The van der Waals surface area contributed by atoms with Gasteiger partial charge < -0.3 is 48.8 Å². The number of halogens is 26. The Labute approximate surface area is 548 Å². The van der Waals surface area contributed by atoms with E-state index in [2.05, 4.69) is 102 Å². The highest BCUT2D eigenvalue weighted by atomic mass is 79.9. The first-order chi connectivity index (χ1) is 41.7. The predicted molar refractivity (Wildman–Crippen MR) is 294 cm³/mol. The highest BCUT2D eigenvalue weighted by Crippen LogP contribution is 2.31. The van der Waals surface area contributed by atoms with Crippen LogP contribution in [0, 0.1) is 10.8 Å². The fourth-order valence-electron chi connectivity index (χ4n) is 2.64. The molecule has 0 aromatic carbocycles. The summed E-state index contributed by atoms with van der Waals surface area (Å²) in [5.74, 6) is -8.31. The third-order valence-corrected chi connectivity index (χ3v) is 8.04. The van der Waals surface area contributed by atoms with Crippen molar-refractivity contribution < 1.29 is 194 Å². The molecule has 0 bridgehead atoms. The highest BCUT2D eigenvalue weighted by Gasteiger charge is 2.43. The van der Waals surface area contributed by atoms with Crippen LogP contribution in [0.15, 0.2) is 0 Å². The van der Waals surface area contributed by atoms with E-state index < -0.39 is 183 Å². The minimum atomic E-state index is -4.29. The van der Waals surface area contributed by atoms with Crippen LogP contribution in [0.3, 0.4) is 0 Å². The molecule has 2 unspecified atom stereocenters. The van der Waals surface area contributed by atoms with E-state index in [1.807, 2.05) is 0 Å². The first kappa shape index (κ1) is 116. The summed E-state index contributed by atoms with van der Waals surface area (Å²) >= 11 is 12.1. The lowest BCUT2D eigenvalue weighted by Gasteiger charge is -2.26. The minimum absolute atomic E-state index is 0.250. The van der Waals surface area contributed by atoms with Crippen molar-refractivity contribution in [3.05, 3.63) is 0 Å². The summed E-state index contributed by atoms with van der Waals surface area (Å²) in [6.07, 6.45) is -10.2. The fourth-order valence-corrected chi connectivity index (χ4v) is 3.09. The molecule has 0 heterocycles. The van der Waals surface area contributed by atoms with Gasteiger partial charge in [-0.15, -0.1) is 4.94 Å². The second kappa shape index (κ2) is 69.2. The quantitative estimate of drug-likeness (QED) is 0.0271. The average molecular weight is 1690 g/mol. The molecule has 564 valence electrons. The first-order valence-corrected chi connectivity index (χ1v) is 26.9. The van der Waals surface area contributed by atoms with Gasteiger partial charge in [-0.25, -0.2) is 61.5 Å². The minimum Gasteiger partial charge on any atom is -0.463 e. The molecule has 0 spiro atoms. The van der Waals surface area contributed by atoms with Gasteiger partial charge in [0.25, 0.3) is 5.92 Å². The predicted octanol–water partition coefficient (Wildman–Crippen LogP) is 13.0. The summed E-state index contributed by atoms with van der Waals surface area (Å²) in [7, 11) is 0. The molecule has 2 atom stereocenters. The number of carbonyl (C=O) groups is 6. The van der Waals surface area contributed by atoms with E-state index in [9.17, 15) is 126 Å². The van der Waals surface area contributed by atoms with Crippen LogP contribution in [0.4, 0.5) is 97.0 Å². The van der Waals surface area contributed by atoms with Crippen LogP contribution in [-0.2, 0) is 76.7 Å². The molecule has 0 rings (SSSR count). The summed E-state index contributed by atoms with van der Waals surface area (Å²) in [5.41, 5.74) is -3.22. The van der Waals surface area contributed by atoms with Crippen LogP contribution in [0.25, 0.3) is 0 Å². The van der Waals surface area contributed by atoms with Gasteiger partial charge in [-0.2, -0.15) is 27.4 Å². The van der Waals surface area contributed by atoms with E-state index >= 15 is 0 Å². The van der Waals surface area contributed by atoms with E-state index in [1.165, 1.54) is 27.7 Å². The van der Waals surface area contributed by atoms with Crippen LogP contribution in [0.2, 0.25) is 0 Å². The zero-order valence-corrected chi connectivity index (χ0v) is 57.4. The number of aliphatic hydroxyl groups is 4. The number of hydrogen-bond donors (Lipinski definition) is 4. The Balaban J connectivity index is -0.0000000812. The molecule has 4 N–H and O–H groups in total. The van der Waals surface area contributed by atoms with Crippen molar-refractivity contribution in [3.8, 4) is 0 Å². The number of ether oxygens (including phenoxy) is 7. The Hall–Kier alpha value is -3.12. The van der Waals surface area contributed by atoms with Crippen molar-refractivity contribution in [1.29, 1.82) is 0 Å². The molecule has 0 aromatic rings. The maximum atomic E-state index is 12.4. The number of carbonyl (C=O) groups excluding carboxylic acids is 6. The lowest BCUT2D eigenvalue weighted by atomic mass is 9.93. The molecule has 20 nitrogen and oxygen atoms in total. The Morgan fingerprint density at radius 1 is 0.370 bits per heavy atom. The molecule has 92 heavy (non-hydrogen) atoms. The zero-order valence-electron chi connectivity index (χ0n) is 51.1. The van der Waals surface area contributed by atoms with E-state index in [1.54, 1.807) is 41.5 Å². The first-order valence-electron chi connectivity index (χ1n) is 23.7. The molecular weight excluding hydrogens is 1610 g/mol. The maximum Gasteiger partial charge on any atom is 0.419 e. The van der Waals surface area contributed by atoms with Crippen LogP contribution in [-0.4, -0.2) is 213 Å². The number of hydrogen-bond acceptors (Lipinski definition) is 20. The van der Waals surface area contributed by atoms with Gasteiger partial charge in [0.1, 0.15) is 61.1 Å². The molecule has 0 aliphatic rings. The van der Waals surface area contributed by atoms with Crippen molar-refractivity contribution in [2.45, 2.75) is 125 Å². The van der Waals surface area contributed by atoms with Crippen LogP contribution >= 0.6 is 63.7 Å². The zero-order chi connectivity index (χ0) is 76.5. The summed E-state index contributed by atoms with van der Waals surface area (Å²) < 4.78 is 265. The van der Waals surface area contributed by atoms with Crippen molar-refractivity contribution >= 4 is 99.5 Å². The van der Waals surface area contributed by atoms with Gasteiger partial charge >= 0.3 is 48.0 Å². The van der Waals surface area contributed by atoms with Crippen molar-refractivity contribution in [3.63, 3.8) is 0 Å². The number of esters is 6. The van der Waals surface area contributed by atoms with Crippen LogP contribution in [0.1, 0.15) is 89.5 Å². The molecule has 46 heteroatoms. The summed E-state index contributed by atoms with van der Waals surface area (Å²) in [5, 5.41) is 33.2. The Morgan fingerprint density at radius 3 is 0.728 bits per heavy atom. The molecule has 0 aromatic heterocycles. The van der Waals surface area contributed by atoms with E-state index in [0.29, 0.717) is 6.92 Å². The lowest BCUT2D eigenvalue weighted by Crippen LogP contribution is -2.42. The monoisotopic (exact) mass is 1680 g/mol. The molecule has 0 saturated heterocycles. The third-order valence-electron chi connectivity index (χ3n) is 6.74. The van der Waals surface area contributed by atoms with E-state index in [-0.39, 0.29) is 26.5 Å². The third kappa shape index (κ3) is 93.3. The number of rotatable bonds is 26. The van der Waals surface area contributed by atoms with Crippen molar-refractivity contribution in [2.24, 2.45) is 10.8 Å². The van der Waals surface area contributed by atoms with Crippen LogP contribution in [0.5, 0.6) is 0 Å². The topological polar surface area (TPSA) is 276 Å². The maximum absolute atomic E-state index is 12.4. The van der Waals surface area contributed by atoms with Gasteiger partial charge in [-0.3, -0.25) is 37.9 Å². The van der Waals surface area contributed by atoms with Crippen molar-refractivity contribution in [1.82, 2.24) is 0 Å². The van der Waals surface area contributed by atoms with Gasteiger partial charge in [0.2, 0.25) is 48.2 Å². The summed E-state index contributed by atoms with van der Waals surface area (Å²) in [6, 6.07) is 0. The van der Waals surface area contributed by atoms with Gasteiger partial charge in [-0.05, 0) is 96.7 Å². The smallest absolute Gasteiger partial charge is 0.419 e. The summed E-state index contributed by atoms with van der Waals surface area (Å²) in [4.78, 5) is 74.1. The highest BCUT2D eigenvalue weighted by molar-refractivity contribution is 9.10. The standard InChI is InChI=1S/C11H16BrF3O6.C10H16BrFO5.2C5H8BrFO2.C5H7F5O.2C2H5FO.C2H5F.2CH2F2O.2CH2F2/c1-9(2,12)7(17)19-5-10(3,4-16)8(18)20-6-11(13,14)21-15;1-9(2,11)7(14)16-5-10(3,4-13)8(15)17-6-12;2*1-5(2,6)4(8)9-3-7;1-4(7,8)2-5(9,10)11-3-6;2*3-1-2-4;1-2-3;2*2-1-4-3;2*2-1-3/h16H,4-6H2,1-3H3;13H,4-6H2,1-3H3;2*3H2,1-2H3;2-3H2,1H3;2*4H,1-2H2;2H2,1H3;2*1H2;2*1H2. The summed E-state index contributed by atoms with van der Waals surface area (Å²) in [6.45, 7) is -0.956. The molecular formula is C46H78Br4F22O20. The molecule has 0 fully saturated rings.